The summed E-state index contributed by atoms with van der Waals surface area (Å²) in [7, 11) is 0. The highest BCUT2D eigenvalue weighted by Crippen LogP contribution is 2.46. The minimum Gasteiger partial charge on any atom is -0.329 e. The fraction of sp³-hybridized carbons (Fsp3) is 0.571. The van der Waals surface area contributed by atoms with Crippen LogP contribution in [-0.2, 0) is 0 Å². The molecule has 88 valence electrons. The van der Waals surface area contributed by atoms with E-state index in [4.69, 9.17) is 5.73 Å². The summed E-state index contributed by atoms with van der Waals surface area (Å²) < 4.78 is 0. The lowest BCUT2D eigenvalue weighted by atomic mass is 9.81. The smallest absolute Gasteiger partial charge is 0.0400 e. The van der Waals surface area contributed by atoms with Gasteiger partial charge in [0.25, 0.3) is 0 Å². The molecular formula is C14H22N2. The molecule has 1 saturated heterocycles. The van der Waals surface area contributed by atoms with Crippen LogP contribution in [-0.4, -0.2) is 24.5 Å². The Balaban J connectivity index is 2.27. The standard InChI is InChI=1S/C14H22N2/c1-14(2)8-10-16(11-9-15)13(14)12-6-4-3-5-7-12/h3-7,13H,8-11,15H2,1-2H3/t13-/m0/s1. The summed E-state index contributed by atoms with van der Waals surface area (Å²) in [6.07, 6.45) is 1.26. The number of nitrogens with two attached hydrogens (primary N) is 1. The number of likely N-dealkylation sites (tertiary alicyclic amines) is 1. The van der Waals surface area contributed by atoms with Crippen molar-refractivity contribution in [3.05, 3.63) is 35.9 Å². The molecule has 0 bridgehead atoms. The average molecular weight is 218 g/mol. The third-order valence-electron chi connectivity index (χ3n) is 3.68. The second-order valence-corrected chi connectivity index (χ2v) is 5.38. The van der Waals surface area contributed by atoms with Gasteiger partial charge in [0.05, 0.1) is 0 Å². The van der Waals surface area contributed by atoms with Crippen LogP contribution in [0.2, 0.25) is 0 Å². The van der Waals surface area contributed by atoms with Gasteiger partial charge in [-0.3, -0.25) is 4.90 Å². The third-order valence-corrected chi connectivity index (χ3v) is 3.68. The Morgan fingerprint density at radius 3 is 2.62 bits per heavy atom. The van der Waals surface area contributed by atoms with E-state index in [9.17, 15) is 0 Å². The zero-order chi connectivity index (χ0) is 11.6. The number of hydrogen-bond acceptors (Lipinski definition) is 2. The molecule has 2 nitrogen and oxygen atoms in total. The molecule has 1 heterocycles. The topological polar surface area (TPSA) is 29.3 Å². The normalized spacial score (nSPS) is 24.8. The fourth-order valence-corrected chi connectivity index (χ4v) is 2.90. The van der Waals surface area contributed by atoms with Gasteiger partial charge >= 0.3 is 0 Å². The molecule has 2 heteroatoms. The summed E-state index contributed by atoms with van der Waals surface area (Å²) in [4.78, 5) is 2.52. The lowest BCUT2D eigenvalue weighted by molar-refractivity contribution is 0.187. The highest BCUT2D eigenvalue weighted by molar-refractivity contribution is 5.22. The van der Waals surface area contributed by atoms with E-state index in [1.807, 2.05) is 0 Å². The molecule has 0 unspecified atom stereocenters. The predicted molar refractivity (Wildman–Crippen MR) is 68.2 cm³/mol. The Bertz CT molecular complexity index is 332. The molecule has 0 saturated carbocycles. The maximum absolute atomic E-state index is 5.70. The fourth-order valence-electron chi connectivity index (χ4n) is 2.90. The second kappa shape index (κ2) is 4.56. The van der Waals surface area contributed by atoms with Gasteiger partial charge in [0.2, 0.25) is 0 Å². The highest BCUT2D eigenvalue weighted by atomic mass is 15.2. The Labute approximate surface area is 98.4 Å². The van der Waals surface area contributed by atoms with Crippen molar-refractivity contribution in [2.45, 2.75) is 26.3 Å². The molecule has 2 N–H and O–H groups in total. The molecule has 1 fully saturated rings. The van der Waals surface area contributed by atoms with Crippen LogP contribution in [0.5, 0.6) is 0 Å². The van der Waals surface area contributed by atoms with Gasteiger partial charge in [-0.2, -0.15) is 0 Å². The monoisotopic (exact) mass is 218 g/mol. The Hall–Kier alpha value is -0.860. The van der Waals surface area contributed by atoms with Crippen molar-refractivity contribution in [3.63, 3.8) is 0 Å². The number of nitrogens with zero attached hydrogens (tertiary/aromatic N) is 1. The van der Waals surface area contributed by atoms with E-state index in [1.54, 1.807) is 0 Å². The van der Waals surface area contributed by atoms with Gasteiger partial charge in [-0.05, 0) is 23.9 Å². The van der Waals surface area contributed by atoms with E-state index in [0.29, 0.717) is 11.5 Å². The SMILES string of the molecule is CC1(C)CCN(CCN)[C@H]1c1ccccc1. The van der Waals surface area contributed by atoms with Crippen molar-refractivity contribution < 1.29 is 0 Å². The summed E-state index contributed by atoms with van der Waals surface area (Å²) in [6, 6.07) is 11.3. The summed E-state index contributed by atoms with van der Waals surface area (Å²) in [5, 5.41) is 0. The van der Waals surface area contributed by atoms with E-state index in [2.05, 4.69) is 49.1 Å². The Morgan fingerprint density at radius 1 is 1.31 bits per heavy atom. The third kappa shape index (κ3) is 2.13. The van der Waals surface area contributed by atoms with Gasteiger partial charge < -0.3 is 5.73 Å². The van der Waals surface area contributed by atoms with Gasteiger partial charge in [0.15, 0.2) is 0 Å². The summed E-state index contributed by atoms with van der Waals surface area (Å²) in [6.45, 7) is 7.65. The predicted octanol–water partition coefficient (Wildman–Crippen LogP) is 2.42. The highest BCUT2D eigenvalue weighted by Gasteiger charge is 2.40. The van der Waals surface area contributed by atoms with Crippen molar-refractivity contribution in [1.82, 2.24) is 4.90 Å². The lowest BCUT2D eigenvalue weighted by Crippen LogP contribution is -2.32. The van der Waals surface area contributed by atoms with E-state index >= 15 is 0 Å². The van der Waals surface area contributed by atoms with Crippen LogP contribution in [0.1, 0.15) is 31.9 Å². The van der Waals surface area contributed by atoms with Crippen molar-refractivity contribution >= 4 is 0 Å². The minimum atomic E-state index is 0.358. The average Bonchev–Trinajstić information content (AvgIpc) is 2.56. The van der Waals surface area contributed by atoms with Crippen molar-refractivity contribution in [1.29, 1.82) is 0 Å². The summed E-state index contributed by atoms with van der Waals surface area (Å²) in [5.41, 5.74) is 7.48. The molecule has 1 aliphatic rings. The van der Waals surface area contributed by atoms with Crippen LogP contribution in [0.15, 0.2) is 30.3 Å². The molecule has 1 aromatic rings. The van der Waals surface area contributed by atoms with Crippen molar-refractivity contribution in [2.24, 2.45) is 11.1 Å². The van der Waals surface area contributed by atoms with Gasteiger partial charge in [-0.1, -0.05) is 44.2 Å². The van der Waals surface area contributed by atoms with Crippen LogP contribution in [0.25, 0.3) is 0 Å². The first kappa shape index (κ1) is 11.6. The zero-order valence-corrected chi connectivity index (χ0v) is 10.3. The number of rotatable bonds is 3. The van der Waals surface area contributed by atoms with Crippen LogP contribution in [0.3, 0.4) is 0 Å². The lowest BCUT2D eigenvalue weighted by Gasteiger charge is -2.33. The summed E-state index contributed by atoms with van der Waals surface area (Å²) >= 11 is 0. The van der Waals surface area contributed by atoms with Crippen LogP contribution < -0.4 is 5.73 Å². The van der Waals surface area contributed by atoms with Crippen LogP contribution in [0.4, 0.5) is 0 Å². The van der Waals surface area contributed by atoms with Crippen LogP contribution >= 0.6 is 0 Å². The zero-order valence-electron chi connectivity index (χ0n) is 10.3. The molecule has 1 aromatic carbocycles. The largest absolute Gasteiger partial charge is 0.329 e. The van der Waals surface area contributed by atoms with Crippen molar-refractivity contribution in [3.8, 4) is 0 Å². The molecule has 0 aromatic heterocycles. The molecule has 1 atom stereocenters. The van der Waals surface area contributed by atoms with Gasteiger partial charge in [-0.15, -0.1) is 0 Å². The first-order valence-electron chi connectivity index (χ1n) is 6.14. The quantitative estimate of drug-likeness (QED) is 0.844. The molecule has 16 heavy (non-hydrogen) atoms. The Kier molecular flexibility index (Phi) is 3.31. The van der Waals surface area contributed by atoms with Crippen molar-refractivity contribution in [2.75, 3.05) is 19.6 Å². The van der Waals surface area contributed by atoms with Gasteiger partial charge in [-0.25, -0.2) is 0 Å². The minimum absolute atomic E-state index is 0.358. The molecular weight excluding hydrogens is 196 g/mol. The molecule has 1 aliphatic heterocycles. The van der Waals surface area contributed by atoms with E-state index in [1.165, 1.54) is 18.5 Å². The van der Waals surface area contributed by atoms with E-state index in [-0.39, 0.29) is 0 Å². The maximum atomic E-state index is 5.70. The van der Waals surface area contributed by atoms with Gasteiger partial charge in [0.1, 0.15) is 0 Å². The first-order valence-corrected chi connectivity index (χ1v) is 6.14. The number of hydrogen-bond donors (Lipinski definition) is 1. The molecule has 2 rings (SSSR count). The van der Waals surface area contributed by atoms with E-state index in [0.717, 1.165) is 13.1 Å². The molecule has 0 spiro atoms. The van der Waals surface area contributed by atoms with Gasteiger partial charge in [0, 0.05) is 19.1 Å². The second-order valence-electron chi connectivity index (χ2n) is 5.38. The Morgan fingerprint density at radius 2 is 2.00 bits per heavy atom. The molecule has 0 amide bonds. The number of benzene rings is 1. The van der Waals surface area contributed by atoms with E-state index < -0.39 is 0 Å². The first-order chi connectivity index (χ1) is 7.65. The maximum Gasteiger partial charge on any atom is 0.0400 e. The molecule has 0 radical (unpaired) electrons. The molecule has 0 aliphatic carbocycles. The van der Waals surface area contributed by atoms with Crippen LogP contribution in [0, 0.1) is 5.41 Å². The summed E-state index contributed by atoms with van der Waals surface area (Å²) in [5.74, 6) is 0.